The Morgan fingerprint density at radius 1 is 1.00 bits per heavy atom. The van der Waals surface area contributed by atoms with E-state index in [4.69, 9.17) is 11.6 Å². The van der Waals surface area contributed by atoms with Crippen LogP contribution in [-0.2, 0) is 6.54 Å². The Morgan fingerprint density at radius 3 is 2.62 bits per heavy atom. The molecule has 106 valence electrons. The summed E-state index contributed by atoms with van der Waals surface area (Å²) >= 11 is 11.4. The first kappa shape index (κ1) is 14.6. The molecule has 0 fully saturated rings. The molecule has 3 aromatic rings. The average Bonchev–Trinajstić information content (AvgIpc) is 2.98. The minimum absolute atomic E-state index is 0.734. The zero-order chi connectivity index (χ0) is 14.7. The second-order valence-corrected chi connectivity index (χ2v) is 6.96. The molecule has 1 heterocycles. The molecule has 21 heavy (non-hydrogen) atoms. The van der Waals surface area contributed by atoms with Gasteiger partial charge in [0, 0.05) is 15.9 Å². The minimum atomic E-state index is 0.734. The molecule has 1 aromatic heterocycles. The normalized spacial score (nSPS) is 10.6. The lowest BCUT2D eigenvalue weighted by atomic mass is 10.1. The van der Waals surface area contributed by atoms with Crippen molar-refractivity contribution in [1.82, 2.24) is 0 Å². The maximum absolute atomic E-state index is 6.18. The van der Waals surface area contributed by atoms with Gasteiger partial charge in [0.2, 0.25) is 0 Å². The van der Waals surface area contributed by atoms with Gasteiger partial charge in [0.1, 0.15) is 0 Å². The number of halogens is 2. The molecular weight excluding hydrogens is 366 g/mol. The highest BCUT2D eigenvalue weighted by Gasteiger charge is 2.04. The van der Waals surface area contributed by atoms with E-state index in [1.165, 1.54) is 16.0 Å². The quantitative estimate of drug-likeness (QED) is 0.550. The van der Waals surface area contributed by atoms with Gasteiger partial charge < -0.3 is 5.32 Å². The molecule has 0 bridgehead atoms. The second-order valence-electron chi connectivity index (χ2n) is 4.65. The molecule has 0 amide bonds. The third kappa shape index (κ3) is 3.67. The number of hydrogen-bond donors (Lipinski definition) is 1. The lowest BCUT2D eigenvalue weighted by molar-refractivity contribution is 1.19. The van der Waals surface area contributed by atoms with Crippen molar-refractivity contribution >= 4 is 44.6 Å². The van der Waals surface area contributed by atoms with Crippen molar-refractivity contribution in [1.29, 1.82) is 0 Å². The van der Waals surface area contributed by atoms with E-state index in [-0.39, 0.29) is 0 Å². The summed E-state index contributed by atoms with van der Waals surface area (Å²) in [7, 11) is 0. The fourth-order valence-electron chi connectivity index (χ4n) is 2.07. The van der Waals surface area contributed by atoms with E-state index in [0.29, 0.717) is 0 Å². The van der Waals surface area contributed by atoms with Crippen LogP contribution in [0.2, 0.25) is 5.02 Å². The predicted molar refractivity (Wildman–Crippen MR) is 96.2 cm³/mol. The minimum Gasteiger partial charge on any atom is -0.379 e. The molecule has 2 aromatic carbocycles. The van der Waals surface area contributed by atoms with E-state index in [0.717, 1.165) is 21.7 Å². The molecule has 0 atom stereocenters. The van der Waals surface area contributed by atoms with Crippen molar-refractivity contribution in [3.8, 4) is 11.1 Å². The topological polar surface area (TPSA) is 12.0 Å². The number of hydrogen-bond acceptors (Lipinski definition) is 2. The monoisotopic (exact) mass is 377 g/mol. The van der Waals surface area contributed by atoms with Gasteiger partial charge in [-0.1, -0.05) is 57.9 Å². The smallest absolute Gasteiger partial charge is 0.0638 e. The van der Waals surface area contributed by atoms with Gasteiger partial charge in [-0.15, -0.1) is 11.3 Å². The summed E-state index contributed by atoms with van der Waals surface area (Å²) in [5.41, 5.74) is 3.46. The summed E-state index contributed by atoms with van der Waals surface area (Å²) < 4.78 is 1.02. The van der Waals surface area contributed by atoms with Crippen molar-refractivity contribution in [3.63, 3.8) is 0 Å². The van der Waals surface area contributed by atoms with Crippen LogP contribution >= 0.6 is 38.9 Å². The average molecular weight is 379 g/mol. The first-order chi connectivity index (χ1) is 10.2. The third-order valence-electron chi connectivity index (χ3n) is 3.14. The van der Waals surface area contributed by atoms with E-state index >= 15 is 0 Å². The summed E-state index contributed by atoms with van der Waals surface area (Å²) in [5, 5.41) is 6.31. The Hall–Kier alpha value is -1.29. The maximum atomic E-state index is 6.18. The van der Waals surface area contributed by atoms with Gasteiger partial charge in [-0.05, 0) is 40.8 Å². The Balaban J connectivity index is 1.72. The van der Waals surface area contributed by atoms with Crippen LogP contribution in [0.3, 0.4) is 0 Å². The van der Waals surface area contributed by atoms with Gasteiger partial charge in [-0.25, -0.2) is 0 Å². The van der Waals surface area contributed by atoms with Gasteiger partial charge in [0.05, 0.1) is 10.7 Å². The molecule has 0 saturated heterocycles. The molecule has 0 aliphatic rings. The van der Waals surface area contributed by atoms with Crippen LogP contribution in [-0.4, -0.2) is 0 Å². The number of anilines is 1. The van der Waals surface area contributed by atoms with E-state index < -0.39 is 0 Å². The van der Waals surface area contributed by atoms with Crippen LogP contribution in [0, 0.1) is 0 Å². The standard InChI is InChI=1S/C17H13BrClNS/c18-14-6-7-16(19)17(9-14)20-10-15-8-13(11-21-15)12-4-2-1-3-5-12/h1-9,11,20H,10H2. The number of nitrogens with one attached hydrogen (secondary N) is 1. The van der Waals surface area contributed by atoms with Crippen LogP contribution in [0.4, 0.5) is 5.69 Å². The summed E-state index contributed by atoms with van der Waals surface area (Å²) in [6, 6.07) is 18.5. The van der Waals surface area contributed by atoms with Crippen LogP contribution in [0.1, 0.15) is 4.88 Å². The Bertz CT molecular complexity index is 740. The molecule has 0 aliphatic heterocycles. The fourth-order valence-corrected chi connectivity index (χ4v) is 3.45. The zero-order valence-electron chi connectivity index (χ0n) is 11.1. The number of rotatable bonds is 4. The van der Waals surface area contributed by atoms with Crippen LogP contribution in [0.5, 0.6) is 0 Å². The molecule has 1 N–H and O–H groups in total. The van der Waals surface area contributed by atoms with Gasteiger partial charge in [0.25, 0.3) is 0 Å². The van der Waals surface area contributed by atoms with Crippen LogP contribution in [0.15, 0.2) is 64.5 Å². The molecule has 0 radical (unpaired) electrons. The van der Waals surface area contributed by atoms with Gasteiger partial charge in [-0.3, -0.25) is 0 Å². The molecule has 1 nitrogen and oxygen atoms in total. The Kier molecular flexibility index (Phi) is 4.63. The number of benzene rings is 2. The predicted octanol–water partition coefficient (Wildman–Crippen LogP) is 6.44. The fraction of sp³-hybridized carbons (Fsp3) is 0.0588. The van der Waals surface area contributed by atoms with Crippen molar-refractivity contribution < 1.29 is 0 Å². The molecule has 0 unspecified atom stereocenters. The summed E-state index contributed by atoms with van der Waals surface area (Å²) in [4.78, 5) is 1.28. The highest BCUT2D eigenvalue weighted by atomic mass is 79.9. The first-order valence-corrected chi connectivity index (χ1v) is 8.59. The molecule has 3 rings (SSSR count). The third-order valence-corrected chi connectivity index (χ3v) is 4.90. The SMILES string of the molecule is Clc1ccc(Br)cc1NCc1cc(-c2ccccc2)cs1. The Labute approximate surface area is 141 Å². The highest BCUT2D eigenvalue weighted by molar-refractivity contribution is 9.10. The molecule has 0 aliphatic carbocycles. The highest BCUT2D eigenvalue weighted by Crippen LogP contribution is 2.29. The van der Waals surface area contributed by atoms with Crippen LogP contribution in [0.25, 0.3) is 11.1 Å². The van der Waals surface area contributed by atoms with Crippen molar-refractivity contribution in [2.24, 2.45) is 0 Å². The van der Waals surface area contributed by atoms with E-state index in [9.17, 15) is 0 Å². The van der Waals surface area contributed by atoms with Crippen molar-refractivity contribution in [2.75, 3.05) is 5.32 Å². The largest absolute Gasteiger partial charge is 0.379 e. The molecule has 4 heteroatoms. The van der Waals surface area contributed by atoms with Gasteiger partial charge >= 0.3 is 0 Å². The molecular formula is C17H13BrClNS. The van der Waals surface area contributed by atoms with Crippen molar-refractivity contribution in [2.45, 2.75) is 6.54 Å². The van der Waals surface area contributed by atoms with Gasteiger partial charge in [-0.2, -0.15) is 0 Å². The molecule has 0 saturated carbocycles. The van der Waals surface area contributed by atoms with Crippen molar-refractivity contribution in [3.05, 3.63) is 74.3 Å². The van der Waals surface area contributed by atoms with Crippen LogP contribution < -0.4 is 5.32 Å². The van der Waals surface area contributed by atoms with E-state index in [1.807, 2.05) is 24.3 Å². The second kappa shape index (κ2) is 6.65. The first-order valence-electron chi connectivity index (χ1n) is 6.54. The summed E-state index contributed by atoms with van der Waals surface area (Å²) in [5.74, 6) is 0. The van der Waals surface area contributed by atoms with Gasteiger partial charge in [0.15, 0.2) is 0 Å². The number of thiophene rings is 1. The van der Waals surface area contributed by atoms with E-state index in [1.54, 1.807) is 11.3 Å². The summed E-state index contributed by atoms with van der Waals surface area (Å²) in [6.45, 7) is 0.772. The lowest BCUT2D eigenvalue weighted by Crippen LogP contribution is -1.97. The molecule has 0 spiro atoms. The Morgan fingerprint density at radius 2 is 1.81 bits per heavy atom. The maximum Gasteiger partial charge on any atom is 0.0638 e. The van der Waals surface area contributed by atoms with E-state index in [2.05, 4.69) is 57.0 Å². The zero-order valence-corrected chi connectivity index (χ0v) is 14.3. The lowest BCUT2D eigenvalue weighted by Gasteiger charge is -2.07. The summed E-state index contributed by atoms with van der Waals surface area (Å²) in [6.07, 6.45) is 0.